The predicted molar refractivity (Wildman–Crippen MR) is 135 cm³/mol. The van der Waals surface area contributed by atoms with Crippen LogP contribution in [-0.2, 0) is 18.5 Å². The number of nitrogens with zero attached hydrogens (tertiary/aromatic N) is 2. The summed E-state index contributed by atoms with van der Waals surface area (Å²) in [6, 6.07) is 20.2. The van der Waals surface area contributed by atoms with Gasteiger partial charge in [0.25, 0.3) is 5.91 Å². The Morgan fingerprint density at radius 1 is 1.03 bits per heavy atom. The Labute approximate surface area is 199 Å². The quantitative estimate of drug-likeness (QED) is 0.303. The summed E-state index contributed by atoms with van der Waals surface area (Å²) >= 11 is 1.44. The van der Waals surface area contributed by atoms with E-state index in [-0.39, 0.29) is 11.3 Å². The lowest BCUT2D eigenvalue weighted by Crippen LogP contribution is -2.24. The average molecular weight is 462 g/mol. The lowest BCUT2D eigenvalue weighted by atomic mass is 9.87. The third kappa shape index (κ3) is 5.82. The number of hydrogen-bond donors (Lipinski definition) is 1. The zero-order valence-corrected chi connectivity index (χ0v) is 20.3. The van der Waals surface area contributed by atoms with E-state index in [1.54, 1.807) is 0 Å². The number of aryl methyl sites for hydroxylation is 1. The summed E-state index contributed by atoms with van der Waals surface area (Å²) in [6.45, 7) is 8.55. The number of ether oxygens (including phenoxy) is 1. The van der Waals surface area contributed by atoms with Gasteiger partial charge in [-0.25, -0.2) is 4.98 Å². The van der Waals surface area contributed by atoms with Crippen molar-refractivity contribution in [1.29, 1.82) is 0 Å². The van der Waals surface area contributed by atoms with Crippen LogP contribution in [-0.4, -0.2) is 22.1 Å². The van der Waals surface area contributed by atoms with Crippen molar-refractivity contribution >= 4 is 28.3 Å². The van der Waals surface area contributed by atoms with Crippen molar-refractivity contribution < 1.29 is 9.53 Å². The van der Waals surface area contributed by atoms with E-state index in [1.807, 2.05) is 35.7 Å². The van der Waals surface area contributed by atoms with E-state index in [0.717, 1.165) is 42.0 Å². The highest BCUT2D eigenvalue weighted by molar-refractivity contribution is 7.12. The van der Waals surface area contributed by atoms with Gasteiger partial charge in [-0.3, -0.25) is 4.79 Å². The Balaban J connectivity index is 1.33. The number of imidazole rings is 1. The molecule has 33 heavy (non-hydrogen) atoms. The number of unbranched alkanes of at least 4 members (excludes halogenated alkanes) is 1. The number of thiophene rings is 1. The molecule has 0 bridgehead atoms. The number of hydrogen-bond acceptors (Lipinski definition) is 4. The molecule has 4 rings (SSSR count). The first-order valence-corrected chi connectivity index (χ1v) is 12.3. The van der Waals surface area contributed by atoms with Crippen LogP contribution in [0.2, 0.25) is 0 Å². The van der Waals surface area contributed by atoms with Crippen LogP contribution in [0.1, 0.15) is 54.7 Å². The van der Waals surface area contributed by atoms with Gasteiger partial charge in [0.2, 0.25) is 0 Å². The first kappa shape index (κ1) is 23.1. The van der Waals surface area contributed by atoms with E-state index in [1.165, 1.54) is 16.9 Å². The van der Waals surface area contributed by atoms with E-state index < -0.39 is 0 Å². The second-order valence-electron chi connectivity index (χ2n) is 9.16. The molecule has 0 fully saturated rings. The summed E-state index contributed by atoms with van der Waals surface area (Å²) in [4.78, 5) is 17.8. The molecule has 0 spiro atoms. The molecule has 0 radical (unpaired) electrons. The van der Waals surface area contributed by atoms with Crippen molar-refractivity contribution in [2.24, 2.45) is 0 Å². The van der Waals surface area contributed by atoms with Crippen LogP contribution in [0, 0.1) is 0 Å². The van der Waals surface area contributed by atoms with Gasteiger partial charge in [0.15, 0.2) is 0 Å². The molecule has 0 atom stereocenters. The number of benzene rings is 2. The topological polar surface area (TPSA) is 56.1 Å². The maximum absolute atomic E-state index is 12.4. The van der Waals surface area contributed by atoms with E-state index in [0.29, 0.717) is 18.0 Å². The van der Waals surface area contributed by atoms with Crippen molar-refractivity contribution in [3.63, 3.8) is 0 Å². The second-order valence-corrected chi connectivity index (χ2v) is 10.1. The minimum absolute atomic E-state index is 0.0607. The summed E-state index contributed by atoms with van der Waals surface area (Å²) in [6.07, 6.45) is 1.90. The van der Waals surface area contributed by atoms with E-state index >= 15 is 0 Å². The average Bonchev–Trinajstić information content (AvgIpc) is 3.45. The van der Waals surface area contributed by atoms with Gasteiger partial charge in [0, 0.05) is 6.54 Å². The zero-order chi connectivity index (χ0) is 23.3. The molecule has 5 nitrogen and oxygen atoms in total. The fraction of sp³-hybridized carbons (Fsp3) is 0.333. The summed E-state index contributed by atoms with van der Waals surface area (Å²) < 4.78 is 8.16. The summed E-state index contributed by atoms with van der Waals surface area (Å²) in [7, 11) is 0. The van der Waals surface area contributed by atoms with Crippen LogP contribution >= 0.6 is 11.3 Å². The maximum atomic E-state index is 12.4. The molecule has 1 amide bonds. The van der Waals surface area contributed by atoms with Gasteiger partial charge in [-0.05, 0) is 59.5 Å². The molecule has 4 aromatic rings. The van der Waals surface area contributed by atoms with Crippen molar-refractivity contribution in [2.45, 2.75) is 52.1 Å². The van der Waals surface area contributed by atoms with Crippen molar-refractivity contribution in [3.05, 3.63) is 82.3 Å². The van der Waals surface area contributed by atoms with Crippen LogP contribution in [0.4, 0.5) is 0 Å². The molecule has 1 N–H and O–H groups in total. The maximum Gasteiger partial charge on any atom is 0.261 e. The van der Waals surface area contributed by atoms with E-state index in [4.69, 9.17) is 9.72 Å². The van der Waals surface area contributed by atoms with Gasteiger partial charge in [-0.2, -0.15) is 0 Å². The van der Waals surface area contributed by atoms with Crippen LogP contribution in [0.15, 0.2) is 66.0 Å². The number of nitrogens with one attached hydrogen (secondary N) is 1. The van der Waals surface area contributed by atoms with Crippen LogP contribution in [0.5, 0.6) is 5.75 Å². The van der Waals surface area contributed by atoms with Crippen molar-refractivity contribution in [2.75, 3.05) is 6.61 Å². The van der Waals surface area contributed by atoms with Gasteiger partial charge < -0.3 is 14.6 Å². The van der Waals surface area contributed by atoms with Gasteiger partial charge >= 0.3 is 0 Å². The number of carbonyl (C=O) groups is 1. The third-order valence-electron chi connectivity index (χ3n) is 5.65. The minimum Gasteiger partial charge on any atom is -0.494 e. The van der Waals surface area contributed by atoms with Gasteiger partial charge in [-0.1, -0.05) is 51.1 Å². The summed E-state index contributed by atoms with van der Waals surface area (Å²) in [5.74, 6) is 1.72. The molecule has 0 aliphatic rings. The lowest BCUT2D eigenvalue weighted by Gasteiger charge is -2.19. The number of rotatable bonds is 9. The smallest absolute Gasteiger partial charge is 0.261 e. The molecule has 0 unspecified atom stereocenters. The van der Waals surface area contributed by atoms with Crippen LogP contribution < -0.4 is 10.1 Å². The van der Waals surface area contributed by atoms with Crippen molar-refractivity contribution in [1.82, 2.24) is 14.9 Å². The van der Waals surface area contributed by atoms with E-state index in [9.17, 15) is 4.79 Å². The molecule has 0 aliphatic carbocycles. The summed E-state index contributed by atoms with van der Waals surface area (Å²) in [5, 5.41) is 4.91. The fourth-order valence-corrected chi connectivity index (χ4v) is 4.42. The standard InChI is InChI=1S/C27H31N3O2S/c1-27(2,3)20-12-14-21(15-13-20)32-17-7-6-16-30-23-10-5-4-9-22(23)29-25(30)19-28-26(31)24-11-8-18-33-24/h4-5,8-15,18H,6-7,16-17,19H2,1-3H3,(H,28,31). The lowest BCUT2D eigenvalue weighted by molar-refractivity contribution is 0.0953. The Morgan fingerprint density at radius 2 is 1.82 bits per heavy atom. The fourth-order valence-electron chi connectivity index (χ4n) is 3.78. The highest BCUT2D eigenvalue weighted by Crippen LogP contribution is 2.24. The molecule has 0 saturated carbocycles. The molecule has 0 saturated heterocycles. The minimum atomic E-state index is -0.0607. The molecule has 2 heterocycles. The number of amides is 1. The Kier molecular flexibility index (Phi) is 7.14. The number of para-hydroxylation sites is 2. The van der Waals surface area contributed by atoms with Crippen molar-refractivity contribution in [3.8, 4) is 5.75 Å². The van der Waals surface area contributed by atoms with Gasteiger partial charge in [0.05, 0.1) is 29.1 Å². The largest absolute Gasteiger partial charge is 0.494 e. The number of fused-ring (bicyclic) bond motifs is 1. The number of aromatic nitrogens is 2. The van der Waals surface area contributed by atoms with Gasteiger partial charge in [0.1, 0.15) is 11.6 Å². The first-order chi connectivity index (χ1) is 15.9. The normalized spacial score (nSPS) is 11.6. The molecular formula is C27H31N3O2S. The van der Waals surface area contributed by atoms with Gasteiger partial charge in [-0.15, -0.1) is 11.3 Å². The Bertz CT molecular complexity index is 1190. The Morgan fingerprint density at radius 3 is 2.55 bits per heavy atom. The predicted octanol–water partition coefficient (Wildman–Crippen LogP) is 6.18. The Hall–Kier alpha value is -3.12. The SMILES string of the molecule is CC(C)(C)c1ccc(OCCCCn2c(CNC(=O)c3cccs3)nc3ccccc32)cc1. The van der Waals surface area contributed by atoms with E-state index in [2.05, 4.69) is 61.0 Å². The molecule has 172 valence electrons. The third-order valence-corrected chi connectivity index (χ3v) is 6.52. The molecule has 2 aromatic heterocycles. The second kappa shape index (κ2) is 10.2. The first-order valence-electron chi connectivity index (χ1n) is 11.4. The molecular weight excluding hydrogens is 430 g/mol. The molecule has 2 aromatic carbocycles. The number of carbonyl (C=O) groups excluding carboxylic acids is 1. The summed E-state index contributed by atoms with van der Waals surface area (Å²) in [5.41, 5.74) is 3.50. The van der Waals surface area contributed by atoms with Crippen LogP contribution in [0.25, 0.3) is 11.0 Å². The molecule has 6 heteroatoms. The zero-order valence-electron chi connectivity index (χ0n) is 19.5. The monoisotopic (exact) mass is 461 g/mol. The molecule has 0 aliphatic heterocycles. The highest BCUT2D eigenvalue weighted by Gasteiger charge is 2.14. The van der Waals surface area contributed by atoms with Crippen LogP contribution in [0.3, 0.4) is 0 Å². The highest BCUT2D eigenvalue weighted by atomic mass is 32.1.